The van der Waals surface area contributed by atoms with Gasteiger partial charge in [0, 0.05) is 0 Å². The number of hydrogen-bond donors (Lipinski definition) is 2. The van der Waals surface area contributed by atoms with Crippen LogP contribution in [0.5, 0.6) is 5.75 Å². The summed E-state index contributed by atoms with van der Waals surface area (Å²) in [4.78, 5) is 10.6. The Balaban J connectivity index is 3.44. The topological polar surface area (TPSA) is 90.5 Å². The highest BCUT2D eigenvalue weighted by molar-refractivity contribution is 5.75. The van der Waals surface area contributed by atoms with E-state index in [4.69, 9.17) is 15.1 Å². The lowest BCUT2D eigenvalue weighted by molar-refractivity contribution is -0.147. The fraction of sp³-hybridized carbons (Fsp3) is 0.200. The zero-order chi connectivity index (χ0) is 12.3. The molecule has 0 aromatic heterocycles. The second kappa shape index (κ2) is 4.59. The van der Waals surface area contributed by atoms with Crippen molar-refractivity contribution in [2.45, 2.75) is 6.10 Å². The summed E-state index contributed by atoms with van der Waals surface area (Å²) < 4.78 is 18.3. The van der Waals surface area contributed by atoms with Crippen LogP contribution in [0.3, 0.4) is 0 Å². The van der Waals surface area contributed by atoms with E-state index in [1.165, 1.54) is 13.2 Å². The van der Waals surface area contributed by atoms with E-state index in [0.29, 0.717) is 0 Å². The summed E-state index contributed by atoms with van der Waals surface area (Å²) in [5.41, 5.74) is -0.898. The van der Waals surface area contributed by atoms with E-state index < -0.39 is 23.5 Å². The first-order chi connectivity index (χ1) is 7.52. The van der Waals surface area contributed by atoms with E-state index in [9.17, 15) is 14.3 Å². The van der Waals surface area contributed by atoms with Gasteiger partial charge in [-0.25, -0.2) is 9.18 Å². The third kappa shape index (κ3) is 1.94. The molecular weight excluding hydrogens is 217 g/mol. The van der Waals surface area contributed by atoms with Gasteiger partial charge in [-0.15, -0.1) is 0 Å². The predicted molar refractivity (Wildman–Crippen MR) is 50.3 cm³/mol. The maximum Gasteiger partial charge on any atom is 0.337 e. The number of nitrogens with zero attached hydrogens (tertiary/aromatic N) is 1. The van der Waals surface area contributed by atoms with Crippen LogP contribution in [0, 0.1) is 17.1 Å². The Labute approximate surface area is 90.3 Å². The van der Waals surface area contributed by atoms with Gasteiger partial charge in [-0.05, 0) is 12.1 Å². The lowest BCUT2D eigenvalue weighted by Gasteiger charge is -2.12. The number of carboxylic acid groups (broad SMARTS) is 1. The molecule has 2 N–H and O–H groups in total. The molecule has 0 aliphatic rings. The van der Waals surface area contributed by atoms with E-state index in [1.807, 2.05) is 0 Å². The van der Waals surface area contributed by atoms with Gasteiger partial charge in [0.05, 0.1) is 18.2 Å². The van der Waals surface area contributed by atoms with Crippen LogP contribution in [-0.2, 0) is 4.79 Å². The molecule has 1 aromatic carbocycles. The fourth-order valence-electron chi connectivity index (χ4n) is 1.22. The molecule has 0 aliphatic heterocycles. The number of nitriles is 1. The maximum atomic E-state index is 13.6. The number of halogens is 1. The minimum Gasteiger partial charge on any atom is -0.496 e. The molecule has 0 amide bonds. The lowest BCUT2D eigenvalue weighted by Crippen LogP contribution is -2.14. The molecule has 1 aromatic rings. The summed E-state index contributed by atoms with van der Waals surface area (Å²) in [6, 6.07) is 3.92. The van der Waals surface area contributed by atoms with Gasteiger partial charge in [-0.1, -0.05) is 0 Å². The van der Waals surface area contributed by atoms with Crippen molar-refractivity contribution in [1.82, 2.24) is 0 Å². The highest BCUT2D eigenvalue weighted by atomic mass is 19.1. The number of aliphatic hydroxyl groups excluding tert-OH is 1. The Morgan fingerprint density at radius 2 is 2.25 bits per heavy atom. The Bertz CT molecular complexity index is 467. The second-order valence-corrected chi connectivity index (χ2v) is 2.90. The fourth-order valence-corrected chi connectivity index (χ4v) is 1.22. The number of methoxy groups -OCH3 is 1. The highest BCUT2D eigenvalue weighted by Gasteiger charge is 2.26. The van der Waals surface area contributed by atoms with Gasteiger partial charge < -0.3 is 14.9 Å². The normalized spacial score (nSPS) is 11.6. The Morgan fingerprint density at radius 3 is 2.69 bits per heavy atom. The van der Waals surface area contributed by atoms with Gasteiger partial charge in [0.25, 0.3) is 0 Å². The molecule has 0 aliphatic carbocycles. The van der Waals surface area contributed by atoms with Crippen LogP contribution in [0.1, 0.15) is 17.2 Å². The maximum absolute atomic E-state index is 13.6. The average molecular weight is 225 g/mol. The lowest BCUT2D eigenvalue weighted by atomic mass is 10.0. The van der Waals surface area contributed by atoms with Crippen molar-refractivity contribution in [1.29, 1.82) is 5.26 Å². The molecule has 0 heterocycles. The van der Waals surface area contributed by atoms with Gasteiger partial charge in [-0.3, -0.25) is 0 Å². The summed E-state index contributed by atoms with van der Waals surface area (Å²) in [7, 11) is 1.21. The number of aliphatic carboxylic acids is 1. The van der Waals surface area contributed by atoms with Crippen LogP contribution < -0.4 is 4.74 Å². The molecule has 0 saturated carbocycles. The summed E-state index contributed by atoms with van der Waals surface area (Å²) in [6.07, 6.45) is -2.07. The van der Waals surface area contributed by atoms with Crippen LogP contribution >= 0.6 is 0 Å². The van der Waals surface area contributed by atoms with E-state index in [2.05, 4.69) is 0 Å². The van der Waals surface area contributed by atoms with Crippen molar-refractivity contribution in [3.63, 3.8) is 0 Å². The molecule has 5 nitrogen and oxygen atoms in total. The summed E-state index contributed by atoms with van der Waals surface area (Å²) >= 11 is 0. The third-order valence-corrected chi connectivity index (χ3v) is 1.99. The van der Waals surface area contributed by atoms with Gasteiger partial charge in [0.15, 0.2) is 11.9 Å². The monoisotopic (exact) mass is 225 g/mol. The Morgan fingerprint density at radius 1 is 1.62 bits per heavy atom. The van der Waals surface area contributed by atoms with Gasteiger partial charge in [0.1, 0.15) is 11.8 Å². The minimum absolute atomic E-state index is 0.119. The van der Waals surface area contributed by atoms with Crippen molar-refractivity contribution < 1.29 is 24.1 Å². The quantitative estimate of drug-likeness (QED) is 0.794. The van der Waals surface area contributed by atoms with Crippen LogP contribution in [0.2, 0.25) is 0 Å². The highest BCUT2D eigenvalue weighted by Crippen LogP contribution is 2.30. The zero-order valence-corrected chi connectivity index (χ0v) is 8.27. The summed E-state index contributed by atoms with van der Waals surface area (Å²) in [5.74, 6) is -2.82. The molecule has 84 valence electrons. The van der Waals surface area contributed by atoms with Crippen molar-refractivity contribution in [3.05, 3.63) is 29.1 Å². The molecule has 1 unspecified atom stereocenters. The minimum atomic E-state index is -2.07. The van der Waals surface area contributed by atoms with Gasteiger partial charge >= 0.3 is 5.97 Å². The number of rotatable bonds is 3. The van der Waals surface area contributed by atoms with Gasteiger partial charge in [-0.2, -0.15) is 5.26 Å². The average Bonchev–Trinajstić information content (AvgIpc) is 2.27. The van der Waals surface area contributed by atoms with Crippen LogP contribution in [0.15, 0.2) is 12.1 Å². The summed E-state index contributed by atoms with van der Waals surface area (Å²) in [5, 5.41) is 26.4. The van der Waals surface area contributed by atoms with Crippen LogP contribution in [0.4, 0.5) is 4.39 Å². The van der Waals surface area contributed by atoms with Gasteiger partial charge in [0.2, 0.25) is 0 Å². The van der Waals surface area contributed by atoms with E-state index in [1.54, 1.807) is 6.07 Å². The Kier molecular flexibility index (Phi) is 3.43. The molecule has 0 fully saturated rings. The second-order valence-electron chi connectivity index (χ2n) is 2.90. The van der Waals surface area contributed by atoms with Crippen molar-refractivity contribution in [2.75, 3.05) is 7.11 Å². The summed E-state index contributed by atoms with van der Waals surface area (Å²) in [6.45, 7) is 0. The molecule has 0 saturated heterocycles. The number of hydrogen-bond acceptors (Lipinski definition) is 4. The van der Waals surface area contributed by atoms with E-state index >= 15 is 0 Å². The standard InChI is InChI=1S/C10H8FNO4/c1-16-6-3-2-5(4-12)8(11)7(6)9(13)10(14)15/h2-3,9,13H,1H3,(H,14,15). The first-order valence-electron chi connectivity index (χ1n) is 4.20. The van der Waals surface area contributed by atoms with Crippen molar-refractivity contribution in [3.8, 4) is 11.8 Å². The number of ether oxygens (including phenoxy) is 1. The number of aliphatic hydroxyl groups is 1. The molecule has 6 heteroatoms. The molecule has 0 spiro atoms. The molecule has 0 radical (unpaired) electrons. The number of carbonyl (C=O) groups is 1. The molecular formula is C10H8FNO4. The van der Waals surface area contributed by atoms with Crippen molar-refractivity contribution in [2.24, 2.45) is 0 Å². The Hall–Kier alpha value is -2.13. The molecule has 0 bridgehead atoms. The molecule has 1 atom stereocenters. The van der Waals surface area contributed by atoms with Crippen LogP contribution in [-0.4, -0.2) is 23.3 Å². The van der Waals surface area contributed by atoms with E-state index in [0.717, 1.165) is 6.07 Å². The SMILES string of the molecule is COc1ccc(C#N)c(F)c1C(O)C(=O)O. The van der Waals surface area contributed by atoms with E-state index in [-0.39, 0.29) is 11.3 Å². The number of benzene rings is 1. The van der Waals surface area contributed by atoms with Crippen molar-refractivity contribution >= 4 is 5.97 Å². The smallest absolute Gasteiger partial charge is 0.337 e. The first-order valence-corrected chi connectivity index (χ1v) is 4.20. The predicted octanol–water partition coefficient (Wildman–Crippen LogP) is 0.824. The molecule has 1 rings (SSSR count). The molecule has 16 heavy (non-hydrogen) atoms. The zero-order valence-electron chi connectivity index (χ0n) is 8.27. The third-order valence-electron chi connectivity index (χ3n) is 1.99. The largest absolute Gasteiger partial charge is 0.496 e. The first kappa shape index (κ1) is 11.9. The number of carboxylic acids is 1. The van der Waals surface area contributed by atoms with Crippen LogP contribution in [0.25, 0.3) is 0 Å².